The van der Waals surface area contributed by atoms with Crippen molar-refractivity contribution in [1.29, 1.82) is 0 Å². The van der Waals surface area contributed by atoms with Gasteiger partial charge in [-0.2, -0.15) is 0 Å². The Morgan fingerprint density at radius 2 is 2.25 bits per heavy atom. The van der Waals surface area contributed by atoms with E-state index in [0.717, 1.165) is 26.0 Å². The Morgan fingerprint density at radius 1 is 1.46 bits per heavy atom. The molecule has 1 amide bonds. The number of benzene rings is 1. The van der Waals surface area contributed by atoms with Crippen LogP contribution in [0.15, 0.2) is 23.4 Å². The van der Waals surface area contributed by atoms with Crippen molar-refractivity contribution in [2.75, 3.05) is 18.2 Å². The number of carbonyl (C=O) groups is 2. The van der Waals surface area contributed by atoms with Crippen molar-refractivity contribution in [2.45, 2.75) is 24.0 Å². The minimum atomic E-state index is -0.804. The van der Waals surface area contributed by atoms with E-state index >= 15 is 0 Å². The monoisotopic (exact) mass is 351 g/mol. The first kappa shape index (κ1) is 16.4. The number of nitrogens with zero attached hydrogens (tertiary/aromatic N) is 4. The summed E-state index contributed by atoms with van der Waals surface area (Å²) in [6, 6.07) is 4.03. The molecular formula is C14H14FN5O3S. The zero-order chi connectivity index (χ0) is 17.1. The molecule has 0 spiro atoms. The van der Waals surface area contributed by atoms with E-state index in [1.807, 2.05) is 0 Å². The third-order valence-corrected chi connectivity index (χ3v) is 4.28. The fourth-order valence-electron chi connectivity index (χ4n) is 2.03. The van der Waals surface area contributed by atoms with Crippen LogP contribution in [0.2, 0.25) is 0 Å². The molecule has 10 heteroatoms. The van der Waals surface area contributed by atoms with Crippen LogP contribution in [0.5, 0.6) is 0 Å². The molecule has 1 aromatic carbocycles. The van der Waals surface area contributed by atoms with Gasteiger partial charge in [0.15, 0.2) is 0 Å². The molecule has 1 fully saturated rings. The molecule has 8 nitrogen and oxygen atoms in total. The normalized spacial score (nSPS) is 13.6. The largest absolute Gasteiger partial charge is 0.465 e. The smallest absolute Gasteiger partial charge is 0.340 e. The first-order valence-corrected chi connectivity index (χ1v) is 8.15. The number of nitrogens with one attached hydrogen (secondary N) is 1. The van der Waals surface area contributed by atoms with Gasteiger partial charge in [0.2, 0.25) is 11.1 Å². The van der Waals surface area contributed by atoms with E-state index in [-0.39, 0.29) is 17.2 Å². The van der Waals surface area contributed by atoms with Gasteiger partial charge in [0.25, 0.3) is 0 Å². The standard InChI is InChI=1S/C14H14FN5O3S/c1-23-13(22)10-6-8(2-5-11(10)15)16-12(21)7-24-14-17-18-19-20(14)9-3-4-9/h2,5-6,9H,3-4,7H2,1H3,(H,16,21). The Bertz CT molecular complexity index is 778. The molecule has 0 saturated heterocycles. The maximum Gasteiger partial charge on any atom is 0.340 e. The van der Waals surface area contributed by atoms with Crippen LogP contribution in [-0.4, -0.2) is 44.9 Å². The van der Waals surface area contributed by atoms with Gasteiger partial charge < -0.3 is 10.1 Å². The lowest BCUT2D eigenvalue weighted by atomic mass is 10.2. The molecule has 2 aromatic rings. The van der Waals surface area contributed by atoms with Crippen LogP contribution in [0.3, 0.4) is 0 Å². The average molecular weight is 351 g/mol. The molecule has 1 aliphatic rings. The molecule has 126 valence electrons. The molecule has 24 heavy (non-hydrogen) atoms. The summed E-state index contributed by atoms with van der Waals surface area (Å²) in [7, 11) is 1.16. The zero-order valence-corrected chi connectivity index (χ0v) is 13.5. The van der Waals surface area contributed by atoms with Crippen molar-refractivity contribution >= 4 is 29.3 Å². The van der Waals surface area contributed by atoms with Crippen molar-refractivity contribution in [1.82, 2.24) is 20.2 Å². The molecule has 0 aliphatic heterocycles. The fraction of sp³-hybridized carbons (Fsp3) is 0.357. The molecule has 3 rings (SSSR count). The summed E-state index contributed by atoms with van der Waals surface area (Å²) in [6.45, 7) is 0. The highest BCUT2D eigenvalue weighted by atomic mass is 32.2. The maximum absolute atomic E-state index is 13.6. The van der Waals surface area contributed by atoms with E-state index in [9.17, 15) is 14.0 Å². The van der Waals surface area contributed by atoms with Crippen molar-refractivity contribution in [3.05, 3.63) is 29.6 Å². The summed E-state index contributed by atoms with van der Waals surface area (Å²) in [4.78, 5) is 23.5. The summed E-state index contributed by atoms with van der Waals surface area (Å²) in [5.74, 6) is -1.73. The van der Waals surface area contributed by atoms with Crippen LogP contribution in [0.4, 0.5) is 10.1 Å². The molecule has 0 bridgehead atoms. The van der Waals surface area contributed by atoms with Gasteiger partial charge in [-0.3, -0.25) is 4.79 Å². The number of aromatic nitrogens is 4. The Hall–Kier alpha value is -2.49. The first-order valence-electron chi connectivity index (χ1n) is 7.17. The number of ether oxygens (including phenoxy) is 1. The number of hydrogen-bond donors (Lipinski definition) is 1. The minimum absolute atomic E-state index is 0.0953. The molecule has 0 radical (unpaired) electrons. The Balaban J connectivity index is 1.60. The Morgan fingerprint density at radius 3 is 2.96 bits per heavy atom. The number of tetrazole rings is 1. The van der Waals surface area contributed by atoms with Gasteiger partial charge in [0.1, 0.15) is 5.82 Å². The van der Waals surface area contributed by atoms with E-state index in [2.05, 4.69) is 25.6 Å². The van der Waals surface area contributed by atoms with Crippen molar-refractivity contribution in [2.24, 2.45) is 0 Å². The van der Waals surface area contributed by atoms with Crippen LogP contribution in [-0.2, 0) is 9.53 Å². The summed E-state index contributed by atoms with van der Waals surface area (Å²) in [6.07, 6.45) is 2.08. The van der Waals surface area contributed by atoms with E-state index in [0.29, 0.717) is 16.9 Å². The lowest BCUT2D eigenvalue weighted by Crippen LogP contribution is -2.15. The van der Waals surface area contributed by atoms with E-state index in [1.165, 1.54) is 23.9 Å². The van der Waals surface area contributed by atoms with Crippen molar-refractivity contribution < 1.29 is 18.7 Å². The number of halogens is 1. The SMILES string of the molecule is COC(=O)c1cc(NC(=O)CSc2nnnn2C2CC2)ccc1F. The van der Waals surface area contributed by atoms with Crippen LogP contribution in [0.25, 0.3) is 0 Å². The Kier molecular flexibility index (Phi) is 4.74. The molecule has 1 saturated carbocycles. The highest BCUT2D eigenvalue weighted by molar-refractivity contribution is 7.99. The average Bonchev–Trinajstić information content (AvgIpc) is 3.32. The number of carbonyl (C=O) groups excluding carboxylic acids is 2. The quantitative estimate of drug-likeness (QED) is 0.624. The minimum Gasteiger partial charge on any atom is -0.465 e. The number of amides is 1. The molecule has 0 atom stereocenters. The number of rotatable bonds is 6. The maximum atomic E-state index is 13.6. The van der Waals surface area contributed by atoms with Crippen molar-refractivity contribution in [3.8, 4) is 0 Å². The van der Waals surface area contributed by atoms with Gasteiger partial charge >= 0.3 is 5.97 Å². The molecular weight excluding hydrogens is 337 g/mol. The lowest BCUT2D eigenvalue weighted by molar-refractivity contribution is -0.113. The van der Waals surface area contributed by atoms with Crippen LogP contribution in [0, 0.1) is 5.82 Å². The summed E-state index contributed by atoms with van der Waals surface area (Å²) >= 11 is 1.22. The number of anilines is 1. The number of thioether (sulfide) groups is 1. The van der Waals surface area contributed by atoms with E-state index < -0.39 is 11.8 Å². The number of hydrogen-bond acceptors (Lipinski definition) is 7. The van der Waals surface area contributed by atoms with Gasteiger partial charge in [-0.15, -0.1) is 5.10 Å². The predicted molar refractivity (Wildman–Crippen MR) is 83.2 cm³/mol. The van der Waals surface area contributed by atoms with Crippen LogP contribution in [0.1, 0.15) is 29.2 Å². The van der Waals surface area contributed by atoms with Gasteiger partial charge in [0.05, 0.1) is 24.5 Å². The highest BCUT2D eigenvalue weighted by Gasteiger charge is 2.28. The molecule has 1 aliphatic carbocycles. The van der Waals surface area contributed by atoms with Crippen molar-refractivity contribution in [3.63, 3.8) is 0 Å². The zero-order valence-electron chi connectivity index (χ0n) is 12.7. The second-order valence-electron chi connectivity index (χ2n) is 5.16. The second-order valence-corrected chi connectivity index (χ2v) is 6.10. The first-order chi connectivity index (χ1) is 11.6. The van der Waals surface area contributed by atoms with Gasteiger partial charge in [-0.1, -0.05) is 11.8 Å². The van der Waals surface area contributed by atoms with Gasteiger partial charge in [-0.05, 0) is 41.5 Å². The highest BCUT2D eigenvalue weighted by Crippen LogP contribution is 2.36. The summed E-state index contributed by atoms with van der Waals surface area (Å²) in [5, 5.41) is 14.6. The third-order valence-electron chi connectivity index (χ3n) is 3.34. The summed E-state index contributed by atoms with van der Waals surface area (Å²) in [5.41, 5.74) is 0.0739. The summed E-state index contributed by atoms with van der Waals surface area (Å²) < 4.78 is 19.8. The lowest BCUT2D eigenvalue weighted by Gasteiger charge is -2.07. The van der Waals surface area contributed by atoms with Crippen LogP contribution < -0.4 is 5.32 Å². The molecule has 1 aromatic heterocycles. The fourth-order valence-corrected chi connectivity index (χ4v) is 2.77. The molecule has 1 N–H and O–H groups in total. The molecule has 1 heterocycles. The van der Waals surface area contributed by atoms with E-state index in [4.69, 9.17) is 0 Å². The van der Waals surface area contributed by atoms with Crippen LogP contribution >= 0.6 is 11.8 Å². The number of esters is 1. The predicted octanol–water partition coefficient (Wildman–Crippen LogP) is 1.66. The third kappa shape index (κ3) is 3.70. The van der Waals surface area contributed by atoms with Gasteiger partial charge in [-0.25, -0.2) is 13.9 Å². The number of methoxy groups -OCH3 is 1. The second kappa shape index (κ2) is 6.95. The topological polar surface area (TPSA) is 99.0 Å². The molecule has 0 unspecified atom stereocenters. The van der Waals surface area contributed by atoms with E-state index in [1.54, 1.807) is 4.68 Å². The Labute approximate surface area is 140 Å². The van der Waals surface area contributed by atoms with Gasteiger partial charge in [0, 0.05) is 5.69 Å².